The Labute approximate surface area is 51.0 Å². The number of nitrogens with two attached hydrogens (primary N) is 1. The van der Waals surface area contributed by atoms with Crippen LogP contribution in [0.25, 0.3) is 0 Å². The molecular weight excluding hydrogens is 102 g/mol. The third-order valence-corrected chi connectivity index (χ3v) is 1.22. The van der Waals surface area contributed by atoms with Crippen molar-refractivity contribution >= 4 is 0 Å². The SMILES string of the molecule is CC[C@@H](N)CCOC. The Balaban J connectivity index is 2.86. The molecule has 0 radical (unpaired) electrons. The zero-order valence-corrected chi connectivity index (χ0v) is 5.68. The van der Waals surface area contributed by atoms with Crippen molar-refractivity contribution in [3.8, 4) is 0 Å². The lowest BCUT2D eigenvalue weighted by atomic mass is 10.2. The van der Waals surface area contributed by atoms with Crippen molar-refractivity contribution in [1.29, 1.82) is 0 Å². The molecule has 0 saturated carbocycles. The zero-order valence-electron chi connectivity index (χ0n) is 5.68. The molecule has 0 aromatic heterocycles. The summed E-state index contributed by atoms with van der Waals surface area (Å²) < 4.78 is 4.83. The third kappa shape index (κ3) is 4.09. The first kappa shape index (κ1) is 7.92. The number of rotatable bonds is 4. The summed E-state index contributed by atoms with van der Waals surface area (Å²) in [4.78, 5) is 0. The van der Waals surface area contributed by atoms with E-state index in [1.165, 1.54) is 0 Å². The minimum Gasteiger partial charge on any atom is -0.385 e. The van der Waals surface area contributed by atoms with Crippen molar-refractivity contribution < 1.29 is 4.74 Å². The fourth-order valence-corrected chi connectivity index (χ4v) is 0.473. The summed E-state index contributed by atoms with van der Waals surface area (Å²) in [6.07, 6.45) is 2.02. The van der Waals surface area contributed by atoms with Crippen LogP contribution in [-0.4, -0.2) is 19.8 Å². The fourth-order valence-electron chi connectivity index (χ4n) is 0.473. The monoisotopic (exact) mass is 117 g/mol. The zero-order chi connectivity index (χ0) is 6.41. The second-order valence-corrected chi connectivity index (χ2v) is 1.95. The molecule has 0 fully saturated rings. The molecule has 0 aromatic rings. The Bertz CT molecular complexity index is 47.8. The molecule has 1 atom stereocenters. The van der Waals surface area contributed by atoms with E-state index >= 15 is 0 Å². The van der Waals surface area contributed by atoms with Gasteiger partial charge in [-0.2, -0.15) is 0 Å². The van der Waals surface area contributed by atoms with E-state index in [0.717, 1.165) is 19.4 Å². The quantitative estimate of drug-likeness (QED) is 0.590. The first-order chi connectivity index (χ1) is 3.81. The van der Waals surface area contributed by atoms with Crippen LogP contribution in [0.3, 0.4) is 0 Å². The van der Waals surface area contributed by atoms with Crippen molar-refractivity contribution in [2.75, 3.05) is 13.7 Å². The summed E-state index contributed by atoms with van der Waals surface area (Å²) in [5.74, 6) is 0. The minimum atomic E-state index is 0.329. The van der Waals surface area contributed by atoms with Crippen LogP contribution in [0, 0.1) is 0 Å². The predicted octanol–water partition coefficient (Wildman–Crippen LogP) is 0.760. The summed E-state index contributed by atoms with van der Waals surface area (Å²) in [5.41, 5.74) is 5.58. The second-order valence-electron chi connectivity index (χ2n) is 1.95. The van der Waals surface area contributed by atoms with Crippen LogP contribution >= 0.6 is 0 Å². The Morgan fingerprint density at radius 3 is 2.62 bits per heavy atom. The van der Waals surface area contributed by atoms with Gasteiger partial charge in [0.25, 0.3) is 0 Å². The molecule has 8 heavy (non-hydrogen) atoms. The smallest absolute Gasteiger partial charge is 0.0477 e. The highest BCUT2D eigenvalue weighted by Crippen LogP contribution is 1.91. The Morgan fingerprint density at radius 1 is 1.62 bits per heavy atom. The maximum Gasteiger partial charge on any atom is 0.0477 e. The molecular formula is C6H15NO. The second kappa shape index (κ2) is 5.06. The van der Waals surface area contributed by atoms with Gasteiger partial charge in [0.15, 0.2) is 0 Å². The van der Waals surface area contributed by atoms with Gasteiger partial charge in [-0.15, -0.1) is 0 Å². The average molecular weight is 117 g/mol. The molecule has 0 bridgehead atoms. The van der Waals surface area contributed by atoms with Crippen LogP contribution in [0.5, 0.6) is 0 Å². The van der Waals surface area contributed by atoms with Gasteiger partial charge in [0.2, 0.25) is 0 Å². The van der Waals surface area contributed by atoms with E-state index < -0.39 is 0 Å². The molecule has 0 saturated heterocycles. The number of hydrogen-bond donors (Lipinski definition) is 1. The third-order valence-electron chi connectivity index (χ3n) is 1.22. The lowest BCUT2D eigenvalue weighted by Gasteiger charge is -2.05. The predicted molar refractivity (Wildman–Crippen MR) is 34.8 cm³/mol. The van der Waals surface area contributed by atoms with Crippen LogP contribution in [-0.2, 0) is 4.74 Å². The van der Waals surface area contributed by atoms with E-state index in [1.54, 1.807) is 7.11 Å². The van der Waals surface area contributed by atoms with Crippen LogP contribution in [0.2, 0.25) is 0 Å². The van der Waals surface area contributed by atoms with Gasteiger partial charge in [0.1, 0.15) is 0 Å². The summed E-state index contributed by atoms with van der Waals surface area (Å²) in [6, 6.07) is 0.329. The van der Waals surface area contributed by atoms with Crippen molar-refractivity contribution in [1.82, 2.24) is 0 Å². The largest absolute Gasteiger partial charge is 0.385 e. The molecule has 0 aliphatic rings. The van der Waals surface area contributed by atoms with Crippen molar-refractivity contribution in [3.63, 3.8) is 0 Å². The maximum atomic E-state index is 5.58. The van der Waals surface area contributed by atoms with Crippen molar-refractivity contribution in [3.05, 3.63) is 0 Å². The normalized spacial score (nSPS) is 13.9. The van der Waals surface area contributed by atoms with E-state index in [0.29, 0.717) is 6.04 Å². The van der Waals surface area contributed by atoms with E-state index in [-0.39, 0.29) is 0 Å². The molecule has 50 valence electrons. The van der Waals surface area contributed by atoms with Gasteiger partial charge in [-0.3, -0.25) is 0 Å². The molecule has 0 aromatic carbocycles. The highest BCUT2D eigenvalue weighted by molar-refractivity contribution is 4.55. The van der Waals surface area contributed by atoms with E-state index in [4.69, 9.17) is 10.5 Å². The van der Waals surface area contributed by atoms with Gasteiger partial charge in [0.05, 0.1) is 0 Å². The maximum absolute atomic E-state index is 5.58. The highest BCUT2D eigenvalue weighted by Gasteiger charge is 1.95. The Morgan fingerprint density at radius 2 is 2.25 bits per heavy atom. The van der Waals surface area contributed by atoms with Gasteiger partial charge in [-0.1, -0.05) is 6.92 Å². The molecule has 0 spiro atoms. The average Bonchev–Trinajstić information content (AvgIpc) is 1.83. The molecule has 2 heteroatoms. The van der Waals surface area contributed by atoms with Gasteiger partial charge >= 0.3 is 0 Å². The summed E-state index contributed by atoms with van der Waals surface area (Å²) >= 11 is 0. The summed E-state index contributed by atoms with van der Waals surface area (Å²) in [7, 11) is 1.70. The van der Waals surface area contributed by atoms with Crippen LogP contribution in [0.15, 0.2) is 0 Å². The van der Waals surface area contributed by atoms with Crippen LogP contribution in [0.4, 0.5) is 0 Å². The highest BCUT2D eigenvalue weighted by atomic mass is 16.5. The Kier molecular flexibility index (Phi) is 5.01. The van der Waals surface area contributed by atoms with Crippen molar-refractivity contribution in [2.24, 2.45) is 5.73 Å². The van der Waals surface area contributed by atoms with E-state index in [2.05, 4.69) is 6.92 Å². The molecule has 2 nitrogen and oxygen atoms in total. The lowest BCUT2D eigenvalue weighted by molar-refractivity contribution is 0.187. The topological polar surface area (TPSA) is 35.2 Å². The van der Waals surface area contributed by atoms with Gasteiger partial charge in [0, 0.05) is 19.8 Å². The number of ether oxygens (including phenoxy) is 1. The van der Waals surface area contributed by atoms with Crippen LogP contribution < -0.4 is 5.73 Å². The van der Waals surface area contributed by atoms with E-state index in [1.807, 2.05) is 0 Å². The summed E-state index contributed by atoms with van der Waals surface area (Å²) in [6.45, 7) is 2.87. The van der Waals surface area contributed by atoms with Gasteiger partial charge in [-0.05, 0) is 12.8 Å². The fraction of sp³-hybridized carbons (Fsp3) is 1.00. The molecule has 0 heterocycles. The molecule has 2 N–H and O–H groups in total. The van der Waals surface area contributed by atoms with Crippen LogP contribution in [0.1, 0.15) is 19.8 Å². The van der Waals surface area contributed by atoms with Crippen molar-refractivity contribution in [2.45, 2.75) is 25.8 Å². The molecule has 0 aliphatic carbocycles. The number of methoxy groups -OCH3 is 1. The molecule has 0 rings (SSSR count). The standard InChI is InChI=1S/C6H15NO/c1-3-6(7)4-5-8-2/h6H,3-5,7H2,1-2H3/t6-/m1/s1. The molecule has 0 amide bonds. The number of hydrogen-bond acceptors (Lipinski definition) is 2. The molecule has 0 aliphatic heterocycles. The van der Waals surface area contributed by atoms with Gasteiger partial charge < -0.3 is 10.5 Å². The minimum absolute atomic E-state index is 0.329. The first-order valence-corrected chi connectivity index (χ1v) is 3.05. The van der Waals surface area contributed by atoms with E-state index in [9.17, 15) is 0 Å². The lowest BCUT2D eigenvalue weighted by Crippen LogP contribution is -2.20. The van der Waals surface area contributed by atoms with Gasteiger partial charge in [-0.25, -0.2) is 0 Å². The summed E-state index contributed by atoms with van der Waals surface area (Å²) in [5, 5.41) is 0. The molecule has 0 unspecified atom stereocenters. The Hall–Kier alpha value is -0.0800. The first-order valence-electron chi connectivity index (χ1n) is 3.05.